The topological polar surface area (TPSA) is 66.0 Å². The highest BCUT2D eigenvalue weighted by Crippen LogP contribution is 2.23. The largest absolute Gasteiger partial charge is 0.399 e. The van der Waals surface area contributed by atoms with Crippen molar-refractivity contribution >= 4 is 36.8 Å². The highest BCUT2D eigenvalue weighted by Gasteiger charge is 2.13. The number of fused-ring (bicyclic) bond motifs is 1. The molecule has 0 fully saturated rings. The molecule has 0 amide bonds. The fraction of sp³-hybridized carbons (Fsp3) is 0.300. The highest BCUT2D eigenvalue weighted by atomic mass is 28.3. The van der Waals surface area contributed by atoms with Crippen LogP contribution in [0.4, 0.5) is 5.69 Å². The third kappa shape index (κ3) is 4.80. The summed E-state index contributed by atoms with van der Waals surface area (Å²) in [6.45, 7) is 8.24. The Morgan fingerprint density at radius 1 is 1.15 bits per heavy atom. The van der Waals surface area contributed by atoms with E-state index in [-0.39, 0.29) is 0 Å². The lowest BCUT2D eigenvalue weighted by molar-refractivity contribution is 0.0816. The van der Waals surface area contributed by atoms with Gasteiger partial charge in [-0.2, -0.15) is 5.10 Å². The molecule has 0 unspecified atom stereocenters. The standard InChI is InChI=1S/C20H26N4OSi/c1-26(2,3)13-12-25-15-24-20-14-16(21)7-9-18(20)19(23-24)10-8-17-6-4-5-11-22-17/h4-11,14H,12-13,15,21H2,1-3H3/b10-8+. The second-order valence-corrected chi connectivity index (χ2v) is 13.2. The summed E-state index contributed by atoms with van der Waals surface area (Å²) in [6.07, 6.45) is 5.73. The number of nitrogens with two attached hydrogens (primary N) is 1. The first kappa shape index (κ1) is 18.4. The van der Waals surface area contributed by atoms with E-state index < -0.39 is 8.07 Å². The van der Waals surface area contributed by atoms with Crippen LogP contribution in [0.3, 0.4) is 0 Å². The number of benzene rings is 1. The van der Waals surface area contributed by atoms with Crippen LogP contribution in [0.25, 0.3) is 23.1 Å². The molecule has 2 N–H and O–H groups in total. The molecule has 0 bridgehead atoms. The molecule has 3 rings (SSSR count). The van der Waals surface area contributed by atoms with Gasteiger partial charge in [-0.25, -0.2) is 4.68 Å². The maximum absolute atomic E-state index is 5.97. The van der Waals surface area contributed by atoms with E-state index >= 15 is 0 Å². The Bertz CT molecular complexity index is 897. The molecule has 2 heterocycles. The first-order valence-electron chi connectivity index (χ1n) is 8.85. The fourth-order valence-corrected chi connectivity index (χ4v) is 3.36. The second-order valence-electron chi connectivity index (χ2n) is 7.60. The summed E-state index contributed by atoms with van der Waals surface area (Å²) in [4.78, 5) is 4.32. The van der Waals surface area contributed by atoms with Crippen molar-refractivity contribution in [2.24, 2.45) is 0 Å². The molecular weight excluding hydrogens is 340 g/mol. The van der Waals surface area contributed by atoms with E-state index in [1.165, 1.54) is 0 Å². The van der Waals surface area contributed by atoms with Crippen LogP contribution in [0.5, 0.6) is 0 Å². The van der Waals surface area contributed by atoms with Crippen molar-refractivity contribution in [2.45, 2.75) is 32.4 Å². The molecule has 0 radical (unpaired) electrons. The fourth-order valence-electron chi connectivity index (χ4n) is 2.61. The zero-order valence-electron chi connectivity index (χ0n) is 15.6. The quantitative estimate of drug-likeness (QED) is 0.380. The predicted molar refractivity (Wildman–Crippen MR) is 111 cm³/mol. The molecule has 6 heteroatoms. The Hall–Kier alpha value is -2.44. The average molecular weight is 367 g/mol. The summed E-state index contributed by atoms with van der Waals surface area (Å²) < 4.78 is 7.76. The number of nitrogen functional groups attached to an aromatic ring is 1. The molecule has 3 aromatic rings. The number of hydrogen-bond donors (Lipinski definition) is 1. The molecule has 0 spiro atoms. The van der Waals surface area contributed by atoms with Crippen LogP contribution in [0, 0.1) is 0 Å². The second kappa shape index (κ2) is 7.84. The molecule has 136 valence electrons. The molecule has 1 aromatic carbocycles. The highest BCUT2D eigenvalue weighted by molar-refractivity contribution is 6.76. The summed E-state index contributed by atoms with van der Waals surface area (Å²) in [5.41, 5.74) is 9.47. The first-order chi connectivity index (χ1) is 12.4. The van der Waals surface area contributed by atoms with Crippen LogP contribution in [-0.2, 0) is 11.5 Å². The van der Waals surface area contributed by atoms with Crippen molar-refractivity contribution < 1.29 is 4.74 Å². The lowest BCUT2D eigenvalue weighted by atomic mass is 10.2. The van der Waals surface area contributed by atoms with E-state index in [0.717, 1.165) is 40.6 Å². The van der Waals surface area contributed by atoms with Crippen molar-refractivity contribution in [1.82, 2.24) is 14.8 Å². The van der Waals surface area contributed by atoms with Crippen molar-refractivity contribution in [2.75, 3.05) is 12.3 Å². The van der Waals surface area contributed by atoms with Gasteiger partial charge in [0.2, 0.25) is 0 Å². The van der Waals surface area contributed by atoms with Crippen LogP contribution in [0.15, 0.2) is 42.6 Å². The Morgan fingerprint density at radius 2 is 2.00 bits per heavy atom. The molecule has 26 heavy (non-hydrogen) atoms. The van der Waals surface area contributed by atoms with Gasteiger partial charge >= 0.3 is 0 Å². The number of anilines is 1. The molecule has 5 nitrogen and oxygen atoms in total. The SMILES string of the molecule is C[Si](C)(C)CCOCn1nc(/C=C/c2ccccn2)c2ccc(N)cc21. The smallest absolute Gasteiger partial charge is 0.140 e. The monoisotopic (exact) mass is 366 g/mol. The van der Waals surface area contributed by atoms with E-state index in [9.17, 15) is 0 Å². The zero-order chi connectivity index (χ0) is 18.6. The van der Waals surface area contributed by atoms with Gasteiger partial charge in [0.05, 0.1) is 16.9 Å². The molecule has 0 saturated heterocycles. The number of hydrogen-bond acceptors (Lipinski definition) is 4. The lowest BCUT2D eigenvalue weighted by Gasteiger charge is -2.15. The van der Waals surface area contributed by atoms with Gasteiger partial charge in [0.25, 0.3) is 0 Å². The number of aromatic nitrogens is 3. The van der Waals surface area contributed by atoms with Crippen LogP contribution in [-0.4, -0.2) is 29.4 Å². The molecule has 0 aliphatic carbocycles. The molecule has 0 aliphatic heterocycles. The summed E-state index contributed by atoms with van der Waals surface area (Å²) in [7, 11) is -1.10. The summed E-state index contributed by atoms with van der Waals surface area (Å²) >= 11 is 0. The first-order valence-corrected chi connectivity index (χ1v) is 12.6. The molecule has 0 saturated carbocycles. The molecule has 2 aromatic heterocycles. The van der Waals surface area contributed by atoms with Gasteiger partial charge in [-0.1, -0.05) is 25.7 Å². The summed E-state index contributed by atoms with van der Waals surface area (Å²) in [5.74, 6) is 0. The molecule has 0 atom stereocenters. The molecule has 0 aliphatic rings. The third-order valence-corrected chi connectivity index (χ3v) is 5.82. The van der Waals surface area contributed by atoms with Crippen molar-refractivity contribution in [3.8, 4) is 0 Å². The number of pyridine rings is 1. The Balaban J connectivity index is 1.82. The van der Waals surface area contributed by atoms with Gasteiger partial charge in [0.15, 0.2) is 0 Å². The van der Waals surface area contributed by atoms with Crippen molar-refractivity contribution in [3.63, 3.8) is 0 Å². The average Bonchev–Trinajstić information content (AvgIpc) is 2.94. The normalized spacial score (nSPS) is 12.3. The zero-order valence-corrected chi connectivity index (χ0v) is 16.6. The number of rotatable bonds is 7. The van der Waals surface area contributed by atoms with Crippen molar-refractivity contribution in [1.29, 1.82) is 0 Å². The van der Waals surface area contributed by atoms with E-state index in [2.05, 4.69) is 24.6 Å². The van der Waals surface area contributed by atoms with E-state index in [0.29, 0.717) is 6.73 Å². The van der Waals surface area contributed by atoms with Crippen molar-refractivity contribution in [3.05, 3.63) is 54.0 Å². The Morgan fingerprint density at radius 3 is 2.73 bits per heavy atom. The van der Waals surface area contributed by atoms with Crippen LogP contribution < -0.4 is 5.73 Å². The number of nitrogens with zero attached hydrogens (tertiary/aromatic N) is 3. The van der Waals surface area contributed by atoms with Crippen LogP contribution in [0.1, 0.15) is 11.4 Å². The minimum absolute atomic E-state index is 0.432. The number of ether oxygens (including phenoxy) is 1. The minimum Gasteiger partial charge on any atom is -0.399 e. The van der Waals surface area contributed by atoms with Gasteiger partial charge in [0.1, 0.15) is 6.73 Å². The minimum atomic E-state index is -1.10. The third-order valence-electron chi connectivity index (χ3n) is 4.11. The Labute approximate surface area is 155 Å². The summed E-state index contributed by atoms with van der Waals surface area (Å²) in [6, 6.07) is 12.8. The van der Waals surface area contributed by atoms with Crippen LogP contribution in [0.2, 0.25) is 25.7 Å². The maximum Gasteiger partial charge on any atom is 0.140 e. The van der Waals surface area contributed by atoms with E-state index in [4.69, 9.17) is 15.6 Å². The van der Waals surface area contributed by atoms with Gasteiger partial charge in [-0.3, -0.25) is 4.98 Å². The van der Waals surface area contributed by atoms with E-state index in [1.807, 2.05) is 53.2 Å². The van der Waals surface area contributed by atoms with Gasteiger partial charge in [0, 0.05) is 32.0 Å². The predicted octanol–water partition coefficient (Wildman–Crippen LogP) is 4.50. The van der Waals surface area contributed by atoms with Gasteiger partial charge < -0.3 is 10.5 Å². The summed E-state index contributed by atoms with van der Waals surface area (Å²) in [5, 5.41) is 5.77. The lowest BCUT2D eigenvalue weighted by Crippen LogP contribution is -2.22. The maximum atomic E-state index is 5.97. The van der Waals surface area contributed by atoms with Gasteiger partial charge in [-0.05, 0) is 48.5 Å². The Kier molecular flexibility index (Phi) is 5.54. The molecular formula is C20H26N4OSi. The van der Waals surface area contributed by atoms with Gasteiger partial charge in [-0.15, -0.1) is 0 Å². The van der Waals surface area contributed by atoms with E-state index in [1.54, 1.807) is 6.20 Å². The van der Waals surface area contributed by atoms with Crippen LogP contribution >= 0.6 is 0 Å².